The van der Waals surface area contributed by atoms with E-state index in [1.54, 1.807) is 33.5 Å². The summed E-state index contributed by atoms with van der Waals surface area (Å²) in [5.41, 5.74) is 1.80. The van der Waals surface area contributed by atoms with Gasteiger partial charge in [-0.1, -0.05) is 12.1 Å². The van der Waals surface area contributed by atoms with Crippen molar-refractivity contribution in [3.63, 3.8) is 0 Å². The van der Waals surface area contributed by atoms with Crippen molar-refractivity contribution in [2.45, 2.75) is 6.54 Å². The van der Waals surface area contributed by atoms with Crippen LogP contribution in [0.2, 0.25) is 0 Å². The Hall–Kier alpha value is -2.43. The van der Waals surface area contributed by atoms with Crippen molar-refractivity contribution in [1.29, 1.82) is 0 Å². The summed E-state index contributed by atoms with van der Waals surface area (Å²) < 4.78 is 28.7. The SMILES string of the molecule is COc1cc(NCc2ccc(F)cc2)cc(OC)c1OC. The van der Waals surface area contributed by atoms with Crippen molar-refractivity contribution in [3.8, 4) is 17.2 Å². The molecule has 0 radical (unpaired) electrons. The molecule has 0 heterocycles. The number of hydrogen-bond donors (Lipinski definition) is 1. The zero-order valence-electron chi connectivity index (χ0n) is 12.3. The second-order valence-corrected chi connectivity index (χ2v) is 4.39. The summed E-state index contributed by atoms with van der Waals surface area (Å²) in [4.78, 5) is 0. The van der Waals surface area contributed by atoms with Crippen LogP contribution in [0.1, 0.15) is 5.56 Å². The standard InChI is InChI=1S/C16H18FNO3/c1-19-14-8-13(9-15(20-2)16(14)21-3)18-10-11-4-6-12(17)7-5-11/h4-9,18H,10H2,1-3H3. The Bertz CT molecular complexity index is 574. The summed E-state index contributed by atoms with van der Waals surface area (Å²) in [5, 5.41) is 3.24. The number of rotatable bonds is 6. The molecule has 0 saturated heterocycles. The van der Waals surface area contributed by atoms with Gasteiger partial charge in [0.2, 0.25) is 5.75 Å². The molecule has 1 N–H and O–H groups in total. The minimum atomic E-state index is -0.244. The maximum atomic E-state index is 12.9. The van der Waals surface area contributed by atoms with Gasteiger partial charge >= 0.3 is 0 Å². The average Bonchev–Trinajstić information content (AvgIpc) is 2.53. The van der Waals surface area contributed by atoms with E-state index in [2.05, 4.69) is 5.32 Å². The van der Waals surface area contributed by atoms with Gasteiger partial charge in [0, 0.05) is 24.4 Å². The minimum absolute atomic E-state index is 0.244. The molecule has 2 aromatic rings. The van der Waals surface area contributed by atoms with Crippen LogP contribution in [-0.2, 0) is 6.54 Å². The maximum absolute atomic E-state index is 12.9. The fraction of sp³-hybridized carbons (Fsp3) is 0.250. The zero-order chi connectivity index (χ0) is 15.2. The van der Waals surface area contributed by atoms with Gasteiger partial charge in [0.15, 0.2) is 11.5 Å². The molecule has 2 aromatic carbocycles. The van der Waals surface area contributed by atoms with Gasteiger partial charge in [-0.25, -0.2) is 4.39 Å². The Balaban J connectivity index is 2.18. The summed E-state index contributed by atoms with van der Waals surface area (Å²) in [7, 11) is 4.70. The smallest absolute Gasteiger partial charge is 0.203 e. The molecular formula is C16H18FNO3. The fourth-order valence-corrected chi connectivity index (χ4v) is 1.99. The Kier molecular flexibility index (Phi) is 4.87. The van der Waals surface area contributed by atoms with E-state index in [0.717, 1.165) is 11.3 Å². The minimum Gasteiger partial charge on any atom is -0.493 e. The second kappa shape index (κ2) is 6.83. The van der Waals surface area contributed by atoms with E-state index in [-0.39, 0.29) is 5.82 Å². The first kappa shape index (κ1) is 15.0. The van der Waals surface area contributed by atoms with Gasteiger partial charge in [0.1, 0.15) is 5.82 Å². The molecule has 0 fully saturated rings. The predicted molar refractivity (Wildman–Crippen MR) is 79.8 cm³/mol. The predicted octanol–water partition coefficient (Wildman–Crippen LogP) is 3.46. The lowest BCUT2D eigenvalue weighted by molar-refractivity contribution is 0.324. The summed E-state index contributed by atoms with van der Waals surface area (Å²) >= 11 is 0. The molecule has 0 amide bonds. The van der Waals surface area contributed by atoms with Gasteiger partial charge in [0.05, 0.1) is 21.3 Å². The van der Waals surface area contributed by atoms with E-state index >= 15 is 0 Å². The van der Waals surface area contributed by atoms with Crippen LogP contribution in [0.3, 0.4) is 0 Å². The van der Waals surface area contributed by atoms with Crippen molar-refractivity contribution in [2.75, 3.05) is 26.6 Å². The van der Waals surface area contributed by atoms with Crippen molar-refractivity contribution < 1.29 is 18.6 Å². The molecular weight excluding hydrogens is 273 g/mol. The average molecular weight is 291 g/mol. The van der Waals surface area contributed by atoms with Crippen LogP contribution in [0.5, 0.6) is 17.2 Å². The molecule has 0 spiro atoms. The largest absolute Gasteiger partial charge is 0.493 e. The molecule has 5 heteroatoms. The first-order chi connectivity index (χ1) is 10.2. The van der Waals surface area contributed by atoms with Crippen LogP contribution < -0.4 is 19.5 Å². The molecule has 0 aliphatic heterocycles. The third-order valence-corrected chi connectivity index (χ3v) is 3.07. The Labute approximate surface area is 123 Å². The lowest BCUT2D eigenvalue weighted by Gasteiger charge is -2.15. The van der Waals surface area contributed by atoms with Crippen LogP contribution >= 0.6 is 0 Å². The van der Waals surface area contributed by atoms with Gasteiger partial charge in [-0.05, 0) is 17.7 Å². The summed E-state index contributed by atoms with van der Waals surface area (Å²) in [5.74, 6) is 1.47. The number of halogens is 1. The van der Waals surface area contributed by atoms with E-state index in [9.17, 15) is 4.39 Å². The number of methoxy groups -OCH3 is 3. The van der Waals surface area contributed by atoms with Crippen molar-refractivity contribution in [2.24, 2.45) is 0 Å². The van der Waals surface area contributed by atoms with Crippen LogP contribution in [0.15, 0.2) is 36.4 Å². The highest BCUT2D eigenvalue weighted by Gasteiger charge is 2.12. The Morgan fingerprint density at radius 3 is 1.95 bits per heavy atom. The van der Waals surface area contributed by atoms with E-state index in [1.165, 1.54) is 12.1 Å². The number of benzene rings is 2. The monoisotopic (exact) mass is 291 g/mol. The lowest BCUT2D eigenvalue weighted by atomic mass is 10.2. The summed E-state index contributed by atoms with van der Waals surface area (Å²) in [6.07, 6.45) is 0. The molecule has 2 rings (SSSR count). The quantitative estimate of drug-likeness (QED) is 0.884. The highest BCUT2D eigenvalue weighted by Crippen LogP contribution is 2.39. The molecule has 0 bridgehead atoms. The van der Waals surface area contributed by atoms with Crippen molar-refractivity contribution in [3.05, 3.63) is 47.8 Å². The molecule has 0 aliphatic carbocycles. The molecule has 0 aliphatic rings. The zero-order valence-corrected chi connectivity index (χ0v) is 12.3. The lowest BCUT2D eigenvalue weighted by Crippen LogP contribution is -2.02. The Morgan fingerprint density at radius 1 is 0.905 bits per heavy atom. The Morgan fingerprint density at radius 2 is 1.48 bits per heavy atom. The normalized spacial score (nSPS) is 10.1. The number of ether oxygens (including phenoxy) is 3. The summed E-state index contributed by atoms with van der Waals surface area (Å²) in [6, 6.07) is 9.99. The van der Waals surface area contributed by atoms with Crippen molar-refractivity contribution >= 4 is 5.69 Å². The van der Waals surface area contributed by atoms with Gasteiger partial charge in [-0.2, -0.15) is 0 Å². The van der Waals surface area contributed by atoms with Gasteiger partial charge in [-0.15, -0.1) is 0 Å². The van der Waals surface area contributed by atoms with E-state index in [4.69, 9.17) is 14.2 Å². The first-order valence-corrected chi connectivity index (χ1v) is 6.46. The molecule has 4 nitrogen and oxygen atoms in total. The van der Waals surface area contributed by atoms with Crippen molar-refractivity contribution in [1.82, 2.24) is 0 Å². The third-order valence-electron chi connectivity index (χ3n) is 3.07. The van der Waals surface area contributed by atoms with Crippen LogP contribution in [0.25, 0.3) is 0 Å². The van der Waals surface area contributed by atoms with E-state index in [1.807, 2.05) is 12.1 Å². The van der Waals surface area contributed by atoms with Gasteiger partial charge in [0.25, 0.3) is 0 Å². The summed E-state index contributed by atoms with van der Waals surface area (Å²) in [6.45, 7) is 0.568. The van der Waals surface area contributed by atoms with E-state index < -0.39 is 0 Å². The highest BCUT2D eigenvalue weighted by molar-refractivity contribution is 5.62. The van der Waals surface area contributed by atoms with Crippen LogP contribution in [0.4, 0.5) is 10.1 Å². The van der Waals surface area contributed by atoms with Crippen LogP contribution in [-0.4, -0.2) is 21.3 Å². The number of hydrogen-bond acceptors (Lipinski definition) is 4. The second-order valence-electron chi connectivity index (χ2n) is 4.39. The first-order valence-electron chi connectivity index (χ1n) is 6.46. The highest BCUT2D eigenvalue weighted by atomic mass is 19.1. The maximum Gasteiger partial charge on any atom is 0.203 e. The molecule has 0 saturated carbocycles. The van der Waals surface area contributed by atoms with Crippen LogP contribution in [0, 0.1) is 5.82 Å². The number of anilines is 1. The van der Waals surface area contributed by atoms with Gasteiger partial charge < -0.3 is 19.5 Å². The topological polar surface area (TPSA) is 39.7 Å². The molecule has 112 valence electrons. The fourth-order valence-electron chi connectivity index (χ4n) is 1.99. The molecule has 0 atom stereocenters. The van der Waals surface area contributed by atoms with Gasteiger partial charge in [-0.3, -0.25) is 0 Å². The number of nitrogens with one attached hydrogen (secondary N) is 1. The molecule has 21 heavy (non-hydrogen) atoms. The third kappa shape index (κ3) is 3.56. The molecule has 0 unspecified atom stereocenters. The van der Waals surface area contributed by atoms with E-state index in [0.29, 0.717) is 23.8 Å². The molecule has 0 aromatic heterocycles.